The molecule has 3 amide bonds. The summed E-state index contributed by atoms with van der Waals surface area (Å²) in [6.45, 7) is 0. The molecule has 0 unspecified atom stereocenters. The summed E-state index contributed by atoms with van der Waals surface area (Å²) in [5, 5.41) is 8.47. The maximum absolute atomic E-state index is 13.1. The summed E-state index contributed by atoms with van der Waals surface area (Å²) in [5.74, 6) is -1.28. The summed E-state index contributed by atoms with van der Waals surface area (Å²) in [6, 6.07) is 26.4. The minimum Gasteiger partial charge on any atom is -0.322 e. The Hall–Kier alpha value is -2.52. The number of nitrogens with one attached hydrogen (secondary N) is 3. The molecule has 0 spiro atoms. The molecule has 36 heavy (non-hydrogen) atoms. The maximum Gasteiger partial charge on any atom is 0.255 e. The molecule has 0 saturated heterocycles. The van der Waals surface area contributed by atoms with Crippen molar-refractivity contribution in [3.63, 3.8) is 0 Å². The lowest BCUT2D eigenvalue weighted by molar-refractivity contribution is 0.102. The minimum atomic E-state index is -0.427. The minimum absolute atomic E-state index is 0.191. The lowest BCUT2D eigenvalue weighted by Crippen LogP contribution is -2.19. The Morgan fingerprint density at radius 2 is 0.639 bits per heavy atom. The zero-order chi connectivity index (χ0) is 25.7. The van der Waals surface area contributed by atoms with Crippen molar-refractivity contribution in [2.45, 2.75) is 0 Å². The van der Waals surface area contributed by atoms with Crippen molar-refractivity contribution in [1.29, 1.82) is 0 Å². The van der Waals surface area contributed by atoms with E-state index in [1.807, 2.05) is 36.4 Å². The molecule has 4 aromatic rings. The van der Waals surface area contributed by atoms with Crippen LogP contribution in [-0.2, 0) is 0 Å². The first kappa shape index (κ1) is 26.5. The fraction of sp³-hybridized carbons (Fsp3) is 0. The van der Waals surface area contributed by atoms with Crippen molar-refractivity contribution in [3.05, 3.63) is 118 Å². The number of hydrogen-bond donors (Lipinski definition) is 3. The molecular formula is C27H18I3N3O3. The van der Waals surface area contributed by atoms with Crippen LogP contribution < -0.4 is 16.0 Å². The standard InChI is InChI=1S/C27H18I3N3O3/c28-19-1-7-22(8-2-19)31-25(34)16-13-17(26(35)32-23-9-3-20(29)4-10-23)15-18(14-16)27(36)33-24-11-5-21(30)6-12-24/h1-15H,(H,31,34)(H,32,35)(H,33,36). The van der Waals surface area contributed by atoms with Gasteiger partial charge in [0.25, 0.3) is 17.7 Å². The predicted octanol–water partition coefficient (Wildman–Crippen LogP) is 7.26. The lowest BCUT2D eigenvalue weighted by Gasteiger charge is -2.12. The Labute approximate surface area is 249 Å². The highest BCUT2D eigenvalue weighted by molar-refractivity contribution is 14.1. The average molecular weight is 813 g/mol. The highest BCUT2D eigenvalue weighted by atomic mass is 127. The summed E-state index contributed by atoms with van der Waals surface area (Å²) in [4.78, 5) is 39.2. The van der Waals surface area contributed by atoms with Crippen LogP contribution in [0.1, 0.15) is 31.1 Å². The van der Waals surface area contributed by atoms with Crippen LogP contribution in [0.2, 0.25) is 0 Å². The first-order valence-electron chi connectivity index (χ1n) is 10.6. The molecule has 0 aliphatic rings. The van der Waals surface area contributed by atoms with E-state index in [2.05, 4.69) is 83.7 Å². The van der Waals surface area contributed by atoms with E-state index in [1.54, 1.807) is 36.4 Å². The highest BCUT2D eigenvalue weighted by Crippen LogP contribution is 2.19. The predicted molar refractivity (Wildman–Crippen MR) is 168 cm³/mol. The van der Waals surface area contributed by atoms with Gasteiger partial charge >= 0.3 is 0 Å². The SMILES string of the molecule is O=C(Nc1ccc(I)cc1)c1cc(C(=O)Nc2ccc(I)cc2)cc(C(=O)Nc2ccc(I)cc2)c1. The molecule has 6 nitrogen and oxygen atoms in total. The van der Waals surface area contributed by atoms with Crippen LogP contribution in [0, 0.1) is 10.7 Å². The number of carbonyl (C=O) groups is 3. The quantitative estimate of drug-likeness (QED) is 0.179. The van der Waals surface area contributed by atoms with Crippen LogP contribution in [0.5, 0.6) is 0 Å². The molecule has 0 fully saturated rings. The van der Waals surface area contributed by atoms with Gasteiger partial charge in [0.1, 0.15) is 0 Å². The van der Waals surface area contributed by atoms with Gasteiger partial charge in [-0.3, -0.25) is 14.4 Å². The summed E-state index contributed by atoms with van der Waals surface area (Å²) in [6.07, 6.45) is 0. The summed E-state index contributed by atoms with van der Waals surface area (Å²) < 4.78 is 3.11. The number of carbonyl (C=O) groups excluding carboxylic acids is 3. The van der Waals surface area contributed by atoms with Gasteiger partial charge in [-0.05, 0) is 159 Å². The number of amides is 3. The Bertz CT molecular complexity index is 1230. The Kier molecular flexibility index (Phi) is 8.95. The first-order valence-corrected chi connectivity index (χ1v) is 13.9. The highest BCUT2D eigenvalue weighted by Gasteiger charge is 2.17. The van der Waals surface area contributed by atoms with E-state index in [0.29, 0.717) is 17.1 Å². The van der Waals surface area contributed by atoms with E-state index in [0.717, 1.165) is 10.7 Å². The van der Waals surface area contributed by atoms with E-state index in [4.69, 9.17) is 0 Å². The number of rotatable bonds is 6. The van der Waals surface area contributed by atoms with Crippen LogP contribution in [-0.4, -0.2) is 17.7 Å². The van der Waals surface area contributed by atoms with E-state index < -0.39 is 17.7 Å². The fourth-order valence-electron chi connectivity index (χ4n) is 3.23. The normalized spacial score (nSPS) is 10.4. The van der Waals surface area contributed by atoms with Gasteiger partial charge in [-0.1, -0.05) is 0 Å². The van der Waals surface area contributed by atoms with Crippen LogP contribution in [0.4, 0.5) is 17.1 Å². The summed E-state index contributed by atoms with van der Waals surface area (Å²) in [5.41, 5.74) is 2.40. The number of anilines is 3. The smallest absolute Gasteiger partial charge is 0.255 e. The van der Waals surface area contributed by atoms with Crippen molar-refractivity contribution in [2.24, 2.45) is 0 Å². The third-order valence-corrected chi connectivity index (χ3v) is 7.18. The van der Waals surface area contributed by atoms with Crippen molar-refractivity contribution < 1.29 is 14.4 Å². The van der Waals surface area contributed by atoms with Crippen molar-refractivity contribution in [1.82, 2.24) is 0 Å². The van der Waals surface area contributed by atoms with Crippen LogP contribution in [0.3, 0.4) is 0 Å². The molecule has 0 heterocycles. The van der Waals surface area contributed by atoms with Gasteiger partial charge in [-0.25, -0.2) is 0 Å². The Morgan fingerprint density at radius 3 is 0.861 bits per heavy atom. The summed E-state index contributed by atoms with van der Waals surface area (Å²) >= 11 is 6.55. The topological polar surface area (TPSA) is 87.3 Å². The molecule has 0 aliphatic heterocycles. The molecule has 3 N–H and O–H groups in total. The first-order chi connectivity index (χ1) is 17.3. The zero-order valence-electron chi connectivity index (χ0n) is 18.5. The largest absolute Gasteiger partial charge is 0.322 e. The van der Waals surface area contributed by atoms with Crippen molar-refractivity contribution >= 4 is 103 Å². The molecule has 180 valence electrons. The maximum atomic E-state index is 13.1. The molecule has 4 aromatic carbocycles. The van der Waals surface area contributed by atoms with E-state index in [1.165, 1.54) is 18.2 Å². The second-order valence-corrected chi connectivity index (χ2v) is 11.4. The molecular weight excluding hydrogens is 795 g/mol. The van der Waals surface area contributed by atoms with Gasteiger partial charge in [-0.15, -0.1) is 0 Å². The number of hydrogen-bond acceptors (Lipinski definition) is 3. The third-order valence-electron chi connectivity index (χ3n) is 5.03. The summed E-state index contributed by atoms with van der Waals surface area (Å²) in [7, 11) is 0. The Balaban J connectivity index is 1.64. The number of halogens is 3. The van der Waals surface area contributed by atoms with Crippen molar-refractivity contribution in [2.75, 3.05) is 16.0 Å². The monoisotopic (exact) mass is 813 g/mol. The van der Waals surface area contributed by atoms with Gasteiger partial charge < -0.3 is 16.0 Å². The third kappa shape index (κ3) is 7.26. The second-order valence-electron chi connectivity index (χ2n) is 7.68. The van der Waals surface area contributed by atoms with Gasteiger partial charge in [-0.2, -0.15) is 0 Å². The Morgan fingerprint density at radius 1 is 0.417 bits per heavy atom. The van der Waals surface area contributed by atoms with Crippen LogP contribution in [0.15, 0.2) is 91.0 Å². The lowest BCUT2D eigenvalue weighted by atomic mass is 10.0. The number of benzene rings is 4. The second kappa shape index (κ2) is 12.1. The zero-order valence-corrected chi connectivity index (χ0v) is 25.0. The van der Waals surface area contributed by atoms with Gasteiger partial charge in [0.15, 0.2) is 0 Å². The molecule has 4 rings (SSSR count). The van der Waals surface area contributed by atoms with Gasteiger partial charge in [0.2, 0.25) is 0 Å². The van der Waals surface area contributed by atoms with Crippen LogP contribution in [0.25, 0.3) is 0 Å². The van der Waals surface area contributed by atoms with E-state index in [-0.39, 0.29) is 16.7 Å². The average Bonchev–Trinajstić information content (AvgIpc) is 2.87. The molecule has 0 saturated carbocycles. The van der Waals surface area contributed by atoms with E-state index >= 15 is 0 Å². The molecule has 9 heteroatoms. The van der Waals surface area contributed by atoms with Gasteiger partial charge in [0.05, 0.1) is 0 Å². The fourth-order valence-corrected chi connectivity index (χ4v) is 4.31. The van der Waals surface area contributed by atoms with Crippen molar-refractivity contribution in [3.8, 4) is 0 Å². The molecule has 0 bridgehead atoms. The molecule has 0 radical (unpaired) electrons. The van der Waals surface area contributed by atoms with Gasteiger partial charge in [0, 0.05) is 44.5 Å². The van der Waals surface area contributed by atoms with Crippen LogP contribution >= 0.6 is 67.8 Å². The molecule has 0 atom stereocenters. The molecule has 0 aliphatic carbocycles. The van der Waals surface area contributed by atoms with E-state index in [9.17, 15) is 14.4 Å². The molecule has 0 aromatic heterocycles.